The first-order chi connectivity index (χ1) is 7.22. The Morgan fingerprint density at radius 1 is 1.27 bits per heavy atom. The molecule has 1 rings (SSSR count). The lowest BCUT2D eigenvalue weighted by Gasteiger charge is -2.24. The fourth-order valence-electron chi connectivity index (χ4n) is 1.74. The lowest BCUT2D eigenvalue weighted by Crippen LogP contribution is -2.26. The van der Waals surface area contributed by atoms with Crippen molar-refractivity contribution in [1.82, 2.24) is 0 Å². The lowest BCUT2D eigenvalue weighted by molar-refractivity contribution is 0.281. The van der Waals surface area contributed by atoms with Crippen LogP contribution < -0.4 is 4.90 Å². The molecule has 0 atom stereocenters. The highest BCUT2D eigenvalue weighted by Gasteiger charge is 2.06. The summed E-state index contributed by atoms with van der Waals surface area (Å²) in [6, 6.07) is 5.90. The summed E-state index contributed by atoms with van der Waals surface area (Å²) < 4.78 is 0. The molecule has 0 spiro atoms. The van der Waals surface area contributed by atoms with E-state index >= 15 is 0 Å². The molecule has 2 N–H and O–H groups in total. The van der Waals surface area contributed by atoms with Crippen LogP contribution in [0.5, 0.6) is 0 Å². The quantitative estimate of drug-likeness (QED) is 0.768. The molecule has 0 fully saturated rings. The summed E-state index contributed by atoms with van der Waals surface area (Å²) >= 11 is 0. The van der Waals surface area contributed by atoms with E-state index in [1.807, 2.05) is 25.1 Å². The number of likely N-dealkylation sites (N-methyl/N-ethyl adjacent to an activating group) is 1. The summed E-state index contributed by atoms with van der Waals surface area (Å²) in [5.74, 6) is 0. The van der Waals surface area contributed by atoms with Crippen molar-refractivity contribution in [3.8, 4) is 0 Å². The van der Waals surface area contributed by atoms with Crippen molar-refractivity contribution in [2.45, 2.75) is 20.5 Å². The summed E-state index contributed by atoms with van der Waals surface area (Å²) in [5, 5.41) is 17.9. The minimum Gasteiger partial charge on any atom is -0.395 e. The molecule has 0 heterocycles. The third-order valence-electron chi connectivity index (χ3n) is 2.54. The average molecular weight is 209 g/mol. The molecule has 3 nitrogen and oxygen atoms in total. The highest BCUT2D eigenvalue weighted by atomic mass is 16.3. The minimum absolute atomic E-state index is 0.0766. The molecule has 1 aromatic carbocycles. The molecule has 0 saturated heterocycles. The molecule has 0 saturated carbocycles. The molecule has 0 aliphatic rings. The molecule has 3 heteroatoms. The van der Waals surface area contributed by atoms with Crippen LogP contribution in [0.25, 0.3) is 0 Å². The van der Waals surface area contributed by atoms with Gasteiger partial charge in [-0.25, -0.2) is 0 Å². The van der Waals surface area contributed by atoms with Gasteiger partial charge in [0.25, 0.3) is 0 Å². The molecule has 84 valence electrons. The molecule has 0 unspecified atom stereocenters. The second kappa shape index (κ2) is 5.73. The Hall–Kier alpha value is -1.06. The van der Waals surface area contributed by atoms with Gasteiger partial charge in [0, 0.05) is 18.8 Å². The number of hydrogen-bond acceptors (Lipinski definition) is 3. The van der Waals surface area contributed by atoms with Gasteiger partial charge >= 0.3 is 0 Å². The van der Waals surface area contributed by atoms with Crippen molar-refractivity contribution in [2.75, 3.05) is 24.6 Å². The molecular formula is C12H19NO2. The number of aliphatic hydroxyl groups excluding tert-OH is 2. The standard InChI is InChI=1S/C12H19NO2/c1-3-13(6-7-14)12-5-4-11(9-15)8-10(12)2/h4-5,8,14-15H,3,6-7,9H2,1-2H3. The fourth-order valence-corrected chi connectivity index (χ4v) is 1.74. The second-order valence-electron chi connectivity index (χ2n) is 3.58. The fraction of sp³-hybridized carbons (Fsp3) is 0.500. The molecule has 0 amide bonds. The van der Waals surface area contributed by atoms with Gasteiger partial charge in [-0.3, -0.25) is 0 Å². The van der Waals surface area contributed by atoms with Gasteiger partial charge in [0.2, 0.25) is 0 Å². The molecule has 0 aliphatic carbocycles. The largest absolute Gasteiger partial charge is 0.395 e. The van der Waals surface area contributed by atoms with Crippen LogP contribution in [0.15, 0.2) is 18.2 Å². The highest BCUT2D eigenvalue weighted by Crippen LogP contribution is 2.20. The average Bonchev–Trinajstić information content (AvgIpc) is 2.26. The highest BCUT2D eigenvalue weighted by molar-refractivity contribution is 5.54. The van der Waals surface area contributed by atoms with Crippen LogP contribution in [0.4, 0.5) is 5.69 Å². The third kappa shape index (κ3) is 2.94. The maximum atomic E-state index is 9.00. The van der Waals surface area contributed by atoms with Crippen molar-refractivity contribution >= 4 is 5.69 Å². The molecule has 0 aromatic heterocycles. The third-order valence-corrected chi connectivity index (χ3v) is 2.54. The number of anilines is 1. The van der Waals surface area contributed by atoms with Crippen LogP contribution in [0.1, 0.15) is 18.1 Å². The molecule has 15 heavy (non-hydrogen) atoms. The van der Waals surface area contributed by atoms with Crippen molar-refractivity contribution in [3.63, 3.8) is 0 Å². The number of rotatable bonds is 5. The molecule has 0 radical (unpaired) electrons. The van der Waals surface area contributed by atoms with Gasteiger partial charge < -0.3 is 15.1 Å². The maximum Gasteiger partial charge on any atom is 0.0681 e. The topological polar surface area (TPSA) is 43.7 Å². The van der Waals surface area contributed by atoms with E-state index in [1.54, 1.807) is 0 Å². The summed E-state index contributed by atoms with van der Waals surface area (Å²) in [7, 11) is 0. The summed E-state index contributed by atoms with van der Waals surface area (Å²) in [4.78, 5) is 2.12. The molecular weight excluding hydrogens is 190 g/mol. The van der Waals surface area contributed by atoms with Crippen molar-refractivity contribution in [2.24, 2.45) is 0 Å². The monoisotopic (exact) mass is 209 g/mol. The molecule has 1 aromatic rings. The second-order valence-corrected chi connectivity index (χ2v) is 3.58. The van der Waals surface area contributed by atoms with Crippen LogP contribution in [0.2, 0.25) is 0 Å². The Labute approximate surface area is 91.0 Å². The van der Waals surface area contributed by atoms with E-state index in [0.29, 0.717) is 6.54 Å². The van der Waals surface area contributed by atoms with Crippen LogP contribution >= 0.6 is 0 Å². The zero-order valence-corrected chi connectivity index (χ0v) is 9.40. The normalized spacial score (nSPS) is 10.4. The number of nitrogens with zero attached hydrogens (tertiary/aromatic N) is 1. The summed E-state index contributed by atoms with van der Waals surface area (Å²) in [5.41, 5.74) is 3.19. The number of hydrogen-bond donors (Lipinski definition) is 2. The van der Waals surface area contributed by atoms with Crippen LogP contribution in [0.3, 0.4) is 0 Å². The van der Waals surface area contributed by atoms with Crippen LogP contribution in [-0.4, -0.2) is 29.9 Å². The van der Waals surface area contributed by atoms with Gasteiger partial charge in [0.1, 0.15) is 0 Å². The van der Waals surface area contributed by atoms with E-state index in [2.05, 4.69) is 11.8 Å². The van der Waals surface area contributed by atoms with E-state index in [0.717, 1.165) is 23.4 Å². The minimum atomic E-state index is 0.0766. The SMILES string of the molecule is CCN(CCO)c1ccc(CO)cc1C. The zero-order chi connectivity index (χ0) is 11.3. The molecule has 0 bridgehead atoms. The maximum absolute atomic E-state index is 9.00. The Kier molecular flexibility index (Phi) is 4.59. The Morgan fingerprint density at radius 3 is 2.47 bits per heavy atom. The first-order valence-corrected chi connectivity index (χ1v) is 5.29. The van der Waals surface area contributed by atoms with Crippen LogP contribution in [-0.2, 0) is 6.61 Å². The van der Waals surface area contributed by atoms with Crippen LogP contribution in [0, 0.1) is 6.92 Å². The Morgan fingerprint density at radius 2 is 2.00 bits per heavy atom. The molecule has 0 aliphatic heterocycles. The Balaban J connectivity index is 2.92. The van der Waals surface area contributed by atoms with Gasteiger partial charge in [0.05, 0.1) is 13.2 Å². The van der Waals surface area contributed by atoms with E-state index in [-0.39, 0.29) is 13.2 Å². The number of aryl methyl sites for hydroxylation is 1. The number of aliphatic hydroxyl groups is 2. The van der Waals surface area contributed by atoms with Crippen molar-refractivity contribution in [1.29, 1.82) is 0 Å². The summed E-state index contributed by atoms with van der Waals surface area (Å²) in [6.45, 7) is 5.85. The number of benzene rings is 1. The first kappa shape index (κ1) is 12.0. The zero-order valence-electron chi connectivity index (χ0n) is 9.40. The van der Waals surface area contributed by atoms with E-state index in [1.165, 1.54) is 0 Å². The smallest absolute Gasteiger partial charge is 0.0681 e. The lowest BCUT2D eigenvalue weighted by atomic mass is 10.1. The van der Waals surface area contributed by atoms with Gasteiger partial charge in [0.15, 0.2) is 0 Å². The first-order valence-electron chi connectivity index (χ1n) is 5.29. The van der Waals surface area contributed by atoms with Gasteiger partial charge in [-0.1, -0.05) is 12.1 Å². The Bertz CT molecular complexity index is 312. The van der Waals surface area contributed by atoms with Crippen molar-refractivity contribution in [3.05, 3.63) is 29.3 Å². The van der Waals surface area contributed by atoms with Gasteiger partial charge in [-0.15, -0.1) is 0 Å². The summed E-state index contributed by atoms with van der Waals surface area (Å²) in [6.07, 6.45) is 0. The van der Waals surface area contributed by atoms with E-state index < -0.39 is 0 Å². The van der Waals surface area contributed by atoms with E-state index in [4.69, 9.17) is 10.2 Å². The van der Waals surface area contributed by atoms with Gasteiger partial charge in [-0.05, 0) is 31.0 Å². The predicted octanol–water partition coefficient (Wildman–Crippen LogP) is 1.31. The van der Waals surface area contributed by atoms with Gasteiger partial charge in [-0.2, -0.15) is 0 Å². The predicted molar refractivity (Wildman–Crippen MR) is 62.1 cm³/mol. The van der Waals surface area contributed by atoms with Crippen molar-refractivity contribution < 1.29 is 10.2 Å². The van der Waals surface area contributed by atoms with E-state index in [9.17, 15) is 0 Å².